The summed E-state index contributed by atoms with van der Waals surface area (Å²) in [6.07, 6.45) is 4.48. The number of benzene rings is 1. The number of aliphatic hydroxyl groups excluding tert-OH is 1. The maximum absolute atomic E-state index is 10.3. The van der Waals surface area contributed by atoms with Gasteiger partial charge in [0.05, 0.1) is 22.8 Å². The molecule has 0 amide bonds. The summed E-state index contributed by atoms with van der Waals surface area (Å²) >= 11 is 0. The molecule has 33 heavy (non-hydrogen) atoms. The molecule has 0 spiro atoms. The molecule has 0 aliphatic rings. The lowest BCUT2D eigenvalue weighted by Crippen LogP contribution is -2.11. The van der Waals surface area contributed by atoms with Gasteiger partial charge in [0.1, 0.15) is 18.0 Å². The van der Waals surface area contributed by atoms with Crippen molar-refractivity contribution in [1.82, 2.24) is 24.3 Å². The third kappa shape index (κ3) is 4.58. The molecule has 4 aromatic rings. The van der Waals surface area contributed by atoms with Gasteiger partial charge in [-0.15, -0.1) is 0 Å². The summed E-state index contributed by atoms with van der Waals surface area (Å²) in [5.74, 6) is 1.71. The highest BCUT2D eigenvalue weighted by atomic mass is 16.3. The van der Waals surface area contributed by atoms with E-state index < -0.39 is 6.10 Å². The van der Waals surface area contributed by atoms with Gasteiger partial charge in [-0.05, 0) is 76.2 Å². The first-order valence-corrected chi connectivity index (χ1v) is 10.6. The molecule has 3 aromatic heterocycles. The topological polar surface area (TPSA) is 133 Å². The second kappa shape index (κ2) is 8.79. The zero-order valence-electron chi connectivity index (χ0n) is 19.1. The minimum absolute atomic E-state index is 0.469. The summed E-state index contributed by atoms with van der Waals surface area (Å²) in [5, 5.41) is 18.0. The highest BCUT2D eigenvalue weighted by Gasteiger charge is 2.17. The number of nitrogens with two attached hydrogens (primary N) is 2. The van der Waals surface area contributed by atoms with Crippen molar-refractivity contribution in [3.63, 3.8) is 0 Å². The van der Waals surface area contributed by atoms with Gasteiger partial charge in [0.25, 0.3) is 0 Å². The molecule has 1 atom stereocenters. The minimum Gasteiger partial charge on any atom is -0.402 e. The molecule has 0 saturated heterocycles. The number of hydrogen-bond acceptors (Lipinski definition) is 7. The molecular formula is C24H28N8O. The quantitative estimate of drug-likeness (QED) is 0.335. The molecule has 0 bridgehead atoms. The Hall–Kier alpha value is -4.11. The molecule has 0 aliphatic heterocycles. The number of aryl methyl sites for hydroxylation is 2. The number of allylic oxidation sites excluding steroid dienone is 3. The van der Waals surface area contributed by atoms with E-state index in [9.17, 15) is 5.11 Å². The predicted molar refractivity (Wildman–Crippen MR) is 130 cm³/mol. The first kappa shape index (κ1) is 22.1. The Morgan fingerprint density at radius 2 is 1.91 bits per heavy atom. The van der Waals surface area contributed by atoms with E-state index in [1.54, 1.807) is 37.0 Å². The second-order valence-corrected chi connectivity index (χ2v) is 8.07. The van der Waals surface area contributed by atoms with Crippen LogP contribution in [-0.4, -0.2) is 29.4 Å². The third-order valence-corrected chi connectivity index (χ3v) is 5.16. The monoisotopic (exact) mass is 444 g/mol. The lowest BCUT2D eigenvalue weighted by Gasteiger charge is -2.15. The predicted octanol–water partition coefficient (Wildman–Crippen LogP) is 3.35. The normalized spacial score (nSPS) is 13.5. The van der Waals surface area contributed by atoms with E-state index in [4.69, 9.17) is 16.5 Å². The van der Waals surface area contributed by atoms with Crippen LogP contribution in [0.1, 0.15) is 36.9 Å². The molecule has 9 nitrogen and oxygen atoms in total. The molecule has 6 N–H and O–H groups in total. The van der Waals surface area contributed by atoms with Crippen LogP contribution < -0.4 is 16.8 Å². The van der Waals surface area contributed by atoms with Crippen LogP contribution in [0.3, 0.4) is 0 Å². The van der Waals surface area contributed by atoms with Gasteiger partial charge in [-0.25, -0.2) is 14.6 Å². The van der Waals surface area contributed by atoms with E-state index >= 15 is 0 Å². The Balaban J connectivity index is 1.79. The molecule has 170 valence electrons. The van der Waals surface area contributed by atoms with Crippen molar-refractivity contribution in [2.24, 2.45) is 11.5 Å². The number of imidazole rings is 1. The van der Waals surface area contributed by atoms with Gasteiger partial charge in [0, 0.05) is 22.6 Å². The highest BCUT2D eigenvalue weighted by Crippen LogP contribution is 2.26. The molecule has 0 fully saturated rings. The van der Waals surface area contributed by atoms with Crippen LogP contribution >= 0.6 is 0 Å². The van der Waals surface area contributed by atoms with Crippen molar-refractivity contribution in [1.29, 1.82) is 0 Å². The Morgan fingerprint density at radius 3 is 2.58 bits per heavy atom. The van der Waals surface area contributed by atoms with Gasteiger partial charge >= 0.3 is 0 Å². The number of nitrogens with zero attached hydrogens (tertiary/aromatic N) is 5. The van der Waals surface area contributed by atoms with Gasteiger partial charge in [0.15, 0.2) is 5.82 Å². The second-order valence-electron chi connectivity index (χ2n) is 8.07. The van der Waals surface area contributed by atoms with Gasteiger partial charge in [-0.3, -0.25) is 4.57 Å². The van der Waals surface area contributed by atoms with Crippen LogP contribution in [0.4, 0.5) is 5.69 Å². The molecule has 0 radical (unpaired) electrons. The van der Waals surface area contributed by atoms with Gasteiger partial charge in [-0.1, -0.05) is 0 Å². The van der Waals surface area contributed by atoms with Crippen molar-refractivity contribution >= 4 is 16.7 Å². The average molecular weight is 445 g/mol. The Morgan fingerprint density at radius 1 is 1.12 bits per heavy atom. The van der Waals surface area contributed by atoms with E-state index in [-0.39, 0.29) is 0 Å². The number of aromatic nitrogens is 5. The fourth-order valence-electron chi connectivity index (χ4n) is 3.62. The van der Waals surface area contributed by atoms with Crippen LogP contribution in [0, 0.1) is 13.8 Å². The van der Waals surface area contributed by atoms with Crippen LogP contribution in [-0.2, 0) is 0 Å². The Kier molecular flexibility index (Phi) is 5.89. The standard InChI is InChI=1S/C24H28N8O/c1-14(25)5-9-22(26)28-18-6-8-20-21(12-18)31(13-27-20)23-10-7-19(17(4)33)24(29-23)32-16(3)11-15(2)30-32/h5-13,17,28,33H,25-26H2,1-4H3/b14-5-,22-9+. The highest BCUT2D eigenvalue weighted by molar-refractivity contribution is 5.81. The Bertz CT molecular complexity index is 1370. The molecule has 1 unspecified atom stereocenters. The van der Waals surface area contributed by atoms with E-state index in [1.165, 1.54) is 0 Å². The largest absolute Gasteiger partial charge is 0.402 e. The fraction of sp³-hybridized carbons (Fsp3) is 0.208. The molecule has 0 saturated carbocycles. The number of rotatable bonds is 6. The van der Waals surface area contributed by atoms with E-state index in [1.807, 2.05) is 54.8 Å². The van der Waals surface area contributed by atoms with Crippen molar-refractivity contribution in [2.75, 3.05) is 5.32 Å². The number of hydrogen-bond donors (Lipinski definition) is 4. The first-order valence-electron chi connectivity index (χ1n) is 10.6. The van der Waals surface area contributed by atoms with Gasteiger partial charge in [0.2, 0.25) is 0 Å². The van der Waals surface area contributed by atoms with E-state index in [0.717, 1.165) is 28.1 Å². The van der Waals surface area contributed by atoms with Gasteiger partial charge < -0.3 is 21.9 Å². The number of nitrogens with one attached hydrogen (secondary N) is 1. The smallest absolute Gasteiger partial charge is 0.161 e. The lowest BCUT2D eigenvalue weighted by atomic mass is 10.1. The number of anilines is 1. The Labute approximate surface area is 192 Å². The van der Waals surface area contributed by atoms with Crippen molar-refractivity contribution in [2.45, 2.75) is 33.8 Å². The lowest BCUT2D eigenvalue weighted by molar-refractivity contribution is 0.198. The molecule has 1 aromatic carbocycles. The fourth-order valence-corrected chi connectivity index (χ4v) is 3.62. The van der Waals surface area contributed by atoms with E-state index in [0.29, 0.717) is 28.7 Å². The summed E-state index contributed by atoms with van der Waals surface area (Å²) in [4.78, 5) is 9.36. The number of pyridine rings is 1. The summed E-state index contributed by atoms with van der Waals surface area (Å²) in [6.45, 7) is 7.41. The molecular weight excluding hydrogens is 416 g/mol. The van der Waals surface area contributed by atoms with Gasteiger partial charge in [-0.2, -0.15) is 5.10 Å². The molecule has 0 aliphatic carbocycles. The summed E-state index contributed by atoms with van der Waals surface area (Å²) in [6, 6.07) is 11.5. The zero-order valence-corrected chi connectivity index (χ0v) is 19.1. The first-order chi connectivity index (χ1) is 15.7. The SMILES string of the molecule is C/C(N)=C/C=C(\N)Nc1ccc2ncn(-c3ccc(C(C)O)c(-n4nc(C)cc4C)n3)c2c1. The maximum atomic E-state index is 10.3. The molecule has 9 heteroatoms. The zero-order chi connectivity index (χ0) is 23.7. The van der Waals surface area contributed by atoms with Crippen molar-refractivity contribution in [3.05, 3.63) is 83.3 Å². The summed E-state index contributed by atoms with van der Waals surface area (Å²) in [7, 11) is 0. The molecule has 4 rings (SSSR count). The van der Waals surface area contributed by atoms with Crippen LogP contribution in [0.15, 0.2) is 66.4 Å². The maximum Gasteiger partial charge on any atom is 0.161 e. The van der Waals surface area contributed by atoms with Crippen molar-refractivity contribution in [3.8, 4) is 11.6 Å². The van der Waals surface area contributed by atoms with Crippen LogP contribution in [0.2, 0.25) is 0 Å². The number of fused-ring (bicyclic) bond motifs is 1. The van der Waals surface area contributed by atoms with Crippen molar-refractivity contribution < 1.29 is 5.11 Å². The van der Waals surface area contributed by atoms with Crippen LogP contribution in [0.5, 0.6) is 0 Å². The third-order valence-electron chi connectivity index (χ3n) is 5.16. The summed E-state index contributed by atoms with van der Waals surface area (Å²) < 4.78 is 3.65. The number of aliphatic hydroxyl groups is 1. The minimum atomic E-state index is -0.693. The summed E-state index contributed by atoms with van der Waals surface area (Å²) in [5.41, 5.74) is 17.4. The molecule has 3 heterocycles. The van der Waals surface area contributed by atoms with Crippen LogP contribution in [0.25, 0.3) is 22.7 Å². The van der Waals surface area contributed by atoms with E-state index in [2.05, 4.69) is 15.4 Å². The average Bonchev–Trinajstić information content (AvgIpc) is 3.33.